The molecule has 22 heavy (non-hydrogen) atoms. The van der Waals surface area contributed by atoms with Crippen LogP contribution in [0, 0.1) is 0 Å². The molecule has 1 aromatic heterocycles. The summed E-state index contributed by atoms with van der Waals surface area (Å²) < 4.78 is 4.63. The first-order chi connectivity index (χ1) is 10.6. The lowest BCUT2D eigenvalue weighted by Crippen LogP contribution is -2.29. The van der Waals surface area contributed by atoms with Gasteiger partial charge in [-0.2, -0.15) is 11.3 Å². The lowest BCUT2D eigenvalue weighted by Gasteiger charge is -2.15. The van der Waals surface area contributed by atoms with Crippen molar-refractivity contribution in [3.8, 4) is 0 Å². The fourth-order valence-corrected chi connectivity index (χ4v) is 2.66. The quantitative estimate of drug-likeness (QED) is 0.832. The fraction of sp³-hybridized carbons (Fsp3) is 0.250. The first kappa shape index (κ1) is 16.2. The van der Waals surface area contributed by atoms with Crippen LogP contribution in [0.2, 0.25) is 0 Å². The third kappa shape index (κ3) is 4.68. The molecule has 0 spiro atoms. The molecule has 1 aromatic carbocycles. The van der Waals surface area contributed by atoms with Crippen molar-refractivity contribution in [1.29, 1.82) is 0 Å². The Morgan fingerprint density at radius 3 is 2.55 bits per heavy atom. The Hall–Kier alpha value is -2.18. The molecular weight excluding hydrogens is 300 g/mol. The third-order valence-electron chi connectivity index (χ3n) is 3.04. The monoisotopic (exact) mass is 318 g/mol. The van der Waals surface area contributed by atoms with E-state index in [1.807, 2.05) is 23.4 Å². The van der Waals surface area contributed by atoms with E-state index in [-0.39, 0.29) is 5.91 Å². The van der Waals surface area contributed by atoms with Gasteiger partial charge in [0.2, 0.25) is 5.91 Å². The molecule has 0 aliphatic carbocycles. The summed E-state index contributed by atoms with van der Waals surface area (Å²) in [5, 5.41) is 6.90. The van der Waals surface area contributed by atoms with E-state index in [1.54, 1.807) is 35.6 Å². The van der Waals surface area contributed by atoms with Crippen LogP contribution >= 0.6 is 11.3 Å². The van der Waals surface area contributed by atoms with Crippen molar-refractivity contribution in [2.45, 2.75) is 6.54 Å². The molecule has 0 radical (unpaired) electrons. The van der Waals surface area contributed by atoms with Crippen molar-refractivity contribution in [2.75, 3.05) is 26.0 Å². The van der Waals surface area contributed by atoms with Gasteiger partial charge >= 0.3 is 5.97 Å². The summed E-state index contributed by atoms with van der Waals surface area (Å²) in [5.74, 6) is -0.489. The predicted molar refractivity (Wildman–Crippen MR) is 87.1 cm³/mol. The lowest BCUT2D eigenvalue weighted by atomic mass is 10.2. The number of nitrogens with zero attached hydrogens (tertiary/aromatic N) is 1. The minimum Gasteiger partial charge on any atom is -0.465 e. The third-order valence-corrected chi connectivity index (χ3v) is 3.77. The minimum atomic E-state index is -0.395. The van der Waals surface area contributed by atoms with Crippen LogP contribution in [0.15, 0.2) is 41.1 Å². The van der Waals surface area contributed by atoms with E-state index in [2.05, 4.69) is 15.4 Å². The number of benzene rings is 1. The first-order valence-corrected chi connectivity index (χ1v) is 7.70. The summed E-state index contributed by atoms with van der Waals surface area (Å²) in [6.07, 6.45) is 0. The largest absolute Gasteiger partial charge is 0.465 e. The number of thiophene rings is 1. The van der Waals surface area contributed by atoms with Gasteiger partial charge in [-0.25, -0.2) is 4.79 Å². The smallest absolute Gasteiger partial charge is 0.337 e. The molecule has 1 N–H and O–H groups in total. The number of carbonyl (C=O) groups excluding carboxylic acids is 2. The van der Waals surface area contributed by atoms with Crippen molar-refractivity contribution >= 4 is 28.9 Å². The van der Waals surface area contributed by atoms with Crippen LogP contribution < -0.4 is 5.32 Å². The van der Waals surface area contributed by atoms with Gasteiger partial charge in [0.1, 0.15) is 0 Å². The highest BCUT2D eigenvalue weighted by molar-refractivity contribution is 7.07. The number of ether oxygens (including phenoxy) is 1. The summed E-state index contributed by atoms with van der Waals surface area (Å²) in [6, 6.07) is 8.66. The highest BCUT2D eigenvalue weighted by atomic mass is 32.1. The molecule has 0 aliphatic rings. The van der Waals surface area contributed by atoms with Crippen molar-refractivity contribution in [2.24, 2.45) is 0 Å². The number of nitrogens with one attached hydrogen (secondary N) is 1. The summed E-state index contributed by atoms with van der Waals surface area (Å²) in [4.78, 5) is 25.3. The van der Waals surface area contributed by atoms with Crippen LogP contribution in [0.1, 0.15) is 15.9 Å². The topological polar surface area (TPSA) is 58.6 Å². The fourth-order valence-electron chi connectivity index (χ4n) is 2.00. The Morgan fingerprint density at radius 2 is 1.95 bits per heavy atom. The number of methoxy groups -OCH3 is 1. The highest BCUT2D eigenvalue weighted by Crippen LogP contribution is 2.11. The Kier molecular flexibility index (Phi) is 5.68. The Morgan fingerprint density at radius 1 is 1.23 bits per heavy atom. The summed E-state index contributed by atoms with van der Waals surface area (Å²) in [7, 11) is 3.24. The van der Waals surface area contributed by atoms with Crippen LogP contribution in [0.5, 0.6) is 0 Å². The summed E-state index contributed by atoms with van der Waals surface area (Å²) >= 11 is 1.64. The van der Waals surface area contributed by atoms with E-state index in [0.29, 0.717) is 17.8 Å². The molecule has 1 heterocycles. The zero-order chi connectivity index (χ0) is 15.9. The molecule has 2 aromatic rings. The molecule has 5 nitrogen and oxygen atoms in total. The van der Waals surface area contributed by atoms with Gasteiger partial charge in [0.25, 0.3) is 0 Å². The number of anilines is 1. The predicted octanol–water partition coefficient (Wildman–Crippen LogP) is 2.61. The van der Waals surface area contributed by atoms with E-state index in [0.717, 1.165) is 6.54 Å². The number of hydrogen-bond donors (Lipinski definition) is 1. The maximum atomic E-state index is 12.0. The second kappa shape index (κ2) is 7.72. The number of rotatable bonds is 6. The molecule has 6 heteroatoms. The average molecular weight is 318 g/mol. The van der Waals surface area contributed by atoms with Gasteiger partial charge < -0.3 is 10.1 Å². The standard InChI is InChI=1S/C16H18N2O3S/c1-18(9-12-7-8-22-11-12)10-15(19)17-14-5-3-13(4-6-14)16(20)21-2/h3-8,11H,9-10H2,1-2H3,(H,17,19). The Bertz CT molecular complexity index is 623. The van der Waals surface area contributed by atoms with Gasteiger partial charge in [-0.05, 0) is 53.7 Å². The molecule has 0 aliphatic heterocycles. The number of carbonyl (C=O) groups is 2. The molecule has 0 saturated heterocycles. The van der Waals surface area contributed by atoms with Crippen LogP contribution in [0.3, 0.4) is 0 Å². The summed E-state index contributed by atoms with van der Waals surface area (Å²) in [5.41, 5.74) is 2.30. The molecule has 116 valence electrons. The SMILES string of the molecule is COC(=O)c1ccc(NC(=O)CN(C)Cc2ccsc2)cc1. The van der Waals surface area contributed by atoms with Crippen LogP contribution in [-0.4, -0.2) is 37.5 Å². The van der Waals surface area contributed by atoms with Gasteiger partial charge in [0.15, 0.2) is 0 Å². The van der Waals surface area contributed by atoms with Gasteiger partial charge in [0.05, 0.1) is 19.2 Å². The second-order valence-corrected chi connectivity index (χ2v) is 5.70. The molecule has 0 fully saturated rings. The molecule has 0 unspecified atom stereocenters. The van der Waals surface area contributed by atoms with Crippen LogP contribution in [0.25, 0.3) is 0 Å². The Labute approximate surface area is 133 Å². The average Bonchev–Trinajstić information content (AvgIpc) is 2.99. The summed E-state index contributed by atoms with van der Waals surface area (Å²) in [6.45, 7) is 1.03. The molecular formula is C16H18N2O3S. The zero-order valence-electron chi connectivity index (χ0n) is 12.5. The van der Waals surface area contributed by atoms with E-state index >= 15 is 0 Å². The normalized spacial score (nSPS) is 10.5. The number of hydrogen-bond acceptors (Lipinski definition) is 5. The number of esters is 1. The first-order valence-electron chi connectivity index (χ1n) is 6.76. The van der Waals surface area contributed by atoms with E-state index < -0.39 is 5.97 Å². The highest BCUT2D eigenvalue weighted by Gasteiger charge is 2.09. The van der Waals surface area contributed by atoms with E-state index in [9.17, 15) is 9.59 Å². The van der Waals surface area contributed by atoms with E-state index in [4.69, 9.17) is 0 Å². The second-order valence-electron chi connectivity index (χ2n) is 4.92. The van der Waals surface area contributed by atoms with Gasteiger partial charge in [0, 0.05) is 12.2 Å². The molecule has 0 saturated carbocycles. The number of amides is 1. The van der Waals surface area contributed by atoms with E-state index in [1.165, 1.54) is 12.7 Å². The molecule has 2 rings (SSSR count). The lowest BCUT2D eigenvalue weighted by molar-refractivity contribution is -0.117. The van der Waals surface area contributed by atoms with Crippen LogP contribution in [0.4, 0.5) is 5.69 Å². The van der Waals surface area contributed by atoms with Crippen molar-refractivity contribution in [3.63, 3.8) is 0 Å². The van der Waals surface area contributed by atoms with Crippen molar-refractivity contribution < 1.29 is 14.3 Å². The maximum absolute atomic E-state index is 12.0. The van der Waals surface area contributed by atoms with Gasteiger partial charge in [-0.3, -0.25) is 9.69 Å². The van der Waals surface area contributed by atoms with Crippen molar-refractivity contribution in [3.05, 3.63) is 52.2 Å². The Balaban J connectivity index is 1.85. The zero-order valence-corrected chi connectivity index (χ0v) is 13.4. The molecule has 1 amide bonds. The minimum absolute atomic E-state index is 0.0939. The van der Waals surface area contributed by atoms with Gasteiger partial charge in [-0.1, -0.05) is 0 Å². The molecule has 0 bridgehead atoms. The van der Waals surface area contributed by atoms with Gasteiger partial charge in [-0.15, -0.1) is 0 Å². The maximum Gasteiger partial charge on any atom is 0.337 e. The molecule has 0 atom stereocenters. The number of likely N-dealkylation sites (N-methyl/N-ethyl adjacent to an activating group) is 1. The van der Waals surface area contributed by atoms with Crippen LogP contribution in [-0.2, 0) is 16.1 Å². The van der Waals surface area contributed by atoms with Crippen molar-refractivity contribution in [1.82, 2.24) is 4.90 Å².